The summed E-state index contributed by atoms with van der Waals surface area (Å²) >= 11 is 0. The van der Waals surface area contributed by atoms with Gasteiger partial charge in [-0.3, -0.25) is 4.90 Å². The van der Waals surface area contributed by atoms with Crippen molar-refractivity contribution in [1.82, 2.24) is 0 Å². The van der Waals surface area contributed by atoms with Gasteiger partial charge in [-0.1, -0.05) is 43.3 Å². The molecule has 0 heterocycles. The minimum absolute atomic E-state index is 0.248. The van der Waals surface area contributed by atoms with Gasteiger partial charge in [-0.15, -0.1) is 0 Å². The van der Waals surface area contributed by atoms with Gasteiger partial charge in [0.2, 0.25) is 0 Å². The molecule has 0 unspecified atom stereocenters. The molecule has 5 nitrogen and oxygen atoms in total. The van der Waals surface area contributed by atoms with Crippen LogP contribution in [0.1, 0.15) is 24.5 Å². The van der Waals surface area contributed by atoms with Gasteiger partial charge in [-0.05, 0) is 65.6 Å². The number of aliphatic carboxylic acids is 1. The topological polar surface area (TPSA) is 69.6 Å². The molecule has 0 fully saturated rings. The number of alkyl halides is 3. The Morgan fingerprint density at radius 1 is 0.971 bits per heavy atom. The molecule has 34 heavy (non-hydrogen) atoms. The zero-order valence-electron chi connectivity index (χ0n) is 18.6. The van der Waals surface area contributed by atoms with E-state index in [4.69, 9.17) is 0 Å². The van der Waals surface area contributed by atoms with Crippen LogP contribution in [-0.2, 0) is 11.0 Å². The van der Waals surface area contributed by atoms with E-state index in [1.807, 2.05) is 36.4 Å². The Morgan fingerprint density at radius 3 is 2.18 bits per heavy atom. The predicted molar refractivity (Wildman–Crippen MR) is 127 cm³/mol. The van der Waals surface area contributed by atoms with Crippen LogP contribution >= 0.6 is 0 Å². The van der Waals surface area contributed by atoms with Crippen molar-refractivity contribution in [3.8, 4) is 11.1 Å². The fraction of sp³-hybridized carbons (Fsp3) is 0.154. The van der Waals surface area contributed by atoms with Crippen LogP contribution < -0.4 is 10.2 Å². The van der Waals surface area contributed by atoms with Gasteiger partial charge in [0.25, 0.3) is 0 Å². The van der Waals surface area contributed by atoms with E-state index in [-0.39, 0.29) is 5.69 Å². The maximum atomic E-state index is 12.7. The van der Waals surface area contributed by atoms with Crippen molar-refractivity contribution >= 4 is 29.5 Å². The van der Waals surface area contributed by atoms with Gasteiger partial charge in [0.05, 0.1) is 5.56 Å². The van der Waals surface area contributed by atoms with E-state index >= 15 is 0 Å². The van der Waals surface area contributed by atoms with Crippen LogP contribution in [0.5, 0.6) is 0 Å². The van der Waals surface area contributed by atoms with Gasteiger partial charge in [0.15, 0.2) is 0 Å². The van der Waals surface area contributed by atoms with Crippen molar-refractivity contribution in [3.05, 3.63) is 89.5 Å². The first-order valence-electron chi connectivity index (χ1n) is 10.4. The highest BCUT2D eigenvalue weighted by Gasteiger charge is 2.30. The van der Waals surface area contributed by atoms with Gasteiger partial charge < -0.3 is 10.4 Å². The van der Waals surface area contributed by atoms with Crippen molar-refractivity contribution in [3.63, 3.8) is 0 Å². The lowest BCUT2D eigenvalue weighted by atomic mass is 10.0. The van der Waals surface area contributed by atoms with Gasteiger partial charge in [0.1, 0.15) is 0 Å². The lowest BCUT2D eigenvalue weighted by molar-refractivity contribution is -0.137. The van der Waals surface area contributed by atoms with Crippen LogP contribution in [0, 0.1) is 0 Å². The average Bonchev–Trinajstić information content (AvgIpc) is 2.82. The fourth-order valence-corrected chi connectivity index (χ4v) is 3.25. The normalized spacial score (nSPS) is 11.7. The fourth-order valence-electron chi connectivity index (χ4n) is 3.25. The first-order chi connectivity index (χ1) is 16.1. The number of halogens is 3. The van der Waals surface area contributed by atoms with Crippen LogP contribution in [0.25, 0.3) is 17.2 Å². The summed E-state index contributed by atoms with van der Waals surface area (Å²) in [4.78, 5) is 25.2. The number of nitrogens with one attached hydrogen (secondary N) is 1. The van der Waals surface area contributed by atoms with Crippen LogP contribution in [0.4, 0.5) is 29.3 Å². The first kappa shape index (κ1) is 24.6. The molecule has 3 rings (SSSR count). The lowest BCUT2D eigenvalue weighted by Gasteiger charge is -2.19. The summed E-state index contributed by atoms with van der Waals surface area (Å²) in [7, 11) is 1.56. The molecule has 0 bridgehead atoms. The van der Waals surface area contributed by atoms with E-state index < -0.39 is 23.7 Å². The molecule has 176 valence electrons. The predicted octanol–water partition coefficient (Wildman–Crippen LogP) is 6.92. The number of amides is 2. The molecular weight excluding hydrogens is 445 g/mol. The van der Waals surface area contributed by atoms with Gasteiger partial charge in [-0.2, -0.15) is 13.2 Å². The number of carboxylic acid groups (broad SMARTS) is 1. The minimum Gasteiger partial charge on any atom is -0.478 e. The molecule has 0 saturated carbocycles. The summed E-state index contributed by atoms with van der Waals surface area (Å²) in [6.07, 6.45) is -2.40. The maximum Gasteiger partial charge on any atom is 0.416 e. The van der Waals surface area contributed by atoms with Crippen molar-refractivity contribution < 1.29 is 27.9 Å². The number of benzene rings is 3. The van der Waals surface area contributed by atoms with E-state index in [9.17, 15) is 27.9 Å². The molecule has 0 aromatic heterocycles. The Morgan fingerprint density at radius 2 is 1.62 bits per heavy atom. The summed E-state index contributed by atoms with van der Waals surface area (Å²) < 4.78 is 38.1. The average molecular weight is 468 g/mol. The summed E-state index contributed by atoms with van der Waals surface area (Å²) in [5.74, 6) is -0.947. The number of hydrogen-bond acceptors (Lipinski definition) is 2. The molecule has 3 aromatic rings. The molecule has 0 aliphatic carbocycles. The Balaban J connectivity index is 1.74. The molecule has 0 saturated heterocycles. The smallest absolute Gasteiger partial charge is 0.416 e. The number of carbonyl (C=O) groups excluding carboxylic acids is 1. The minimum atomic E-state index is -4.44. The Labute approximate surface area is 195 Å². The summed E-state index contributed by atoms with van der Waals surface area (Å²) in [5.41, 5.74) is 2.85. The standard InChI is InChI=1S/C26H23F3N2O3/c1-3-18(24(32)33)15-17-7-9-19(10-8-17)20-5-4-6-23(16-20)31(2)25(34)30-22-13-11-21(12-14-22)26(27,28)29/h4-16H,3H2,1-2H3,(H,30,34)(H,32,33)/b18-15-. The Kier molecular flexibility index (Phi) is 7.40. The molecule has 2 N–H and O–H groups in total. The highest BCUT2D eigenvalue weighted by atomic mass is 19.4. The second-order valence-electron chi connectivity index (χ2n) is 7.56. The third-order valence-corrected chi connectivity index (χ3v) is 5.24. The van der Waals surface area contributed by atoms with E-state index in [1.165, 1.54) is 17.0 Å². The summed E-state index contributed by atoms with van der Waals surface area (Å²) in [6.45, 7) is 1.78. The SMILES string of the molecule is CC/C(=C/c1ccc(-c2cccc(N(C)C(=O)Nc3ccc(C(F)(F)F)cc3)c2)cc1)C(=O)O. The molecule has 0 aliphatic heterocycles. The van der Waals surface area contributed by atoms with E-state index in [1.54, 1.807) is 32.2 Å². The van der Waals surface area contributed by atoms with E-state index in [2.05, 4.69) is 5.32 Å². The molecule has 3 aromatic carbocycles. The Hall–Kier alpha value is -4.07. The number of carboxylic acids is 1. The molecule has 0 spiro atoms. The number of hydrogen-bond donors (Lipinski definition) is 2. The molecular formula is C26H23F3N2O3. The van der Waals surface area contributed by atoms with Gasteiger partial charge in [0, 0.05) is 24.0 Å². The quantitative estimate of drug-likeness (QED) is 0.386. The Bertz CT molecular complexity index is 1200. The monoisotopic (exact) mass is 468 g/mol. The molecule has 8 heteroatoms. The van der Waals surface area contributed by atoms with Crippen LogP contribution in [-0.4, -0.2) is 24.2 Å². The van der Waals surface area contributed by atoms with Gasteiger partial charge in [-0.25, -0.2) is 9.59 Å². The second kappa shape index (κ2) is 10.2. The maximum absolute atomic E-state index is 12.7. The van der Waals surface area contributed by atoms with Gasteiger partial charge >= 0.3 is 18.2 Å². The van der Waals surface area contributed by atoms with E-state index in [0.29, 0.717) is 17.7 Å². The second-order valence-corrected chi connectivity index (χ2v) is 7.56. The molecule has 0 radical (unpaired) electrons. The first-order valence-corrected chi connectivity index (χ1v) is 10.4. The largest absolute Gasteiger partial charge is 0.478 e. The van der Waals surface area contributed by atoms with Crippen LogP contribution in [0.3, 0.4) is 0 Å². The number of rotatable bonds is 6. The highest BCUT2D eigenvalue weighted by molar-refractivity contribution is 6.01. The van der Waals surface area contributed by atoms with Crippen molar-refractivity contribution in [1.29, 1.82) is 0 Å². The zero-order chi connectivity index (χ0) is 24.9. The molecule has 2 amide bonds. The zero-order valence-corrected chi connectivity index (χ0v) is 18.6. The van der Waals surface area contributed by atoms with Crippen molar-refractivity contribution in [2.45, 2.75) is 19.5 Å². The highest BCUT2D eigenvalue weighted by Crippen LogP contribution is 2.30. The summed E-state index contributed by atoms with van der Waals surface area (Å²) in [5, 5.41) is 11.8. The van der Waals surface area contributed by atoms with Crippen LogP contribution in [0.15, 0.2) is 78.4 Å². The van der Waals surface area contributed by atoms with Crippen LogP contribution in [0.2, 0.25) is 0 Å². The molecule has 0 atom stereocenters. The number of carbonyl (C=O) groups is 2. The van der Waals surface area contributed by atoms with Crippen molar-refractivity contribution in [2.75, 3.05) is 17.3 Å². The summed E-state index contributed by atoms with van der Waals surface area (Å²) in [6, 6.07) is 18.3. The lowest BCUT2D eigenvalue weighted by Crippen LogP contribution is -2.31. The third kappa shape index (κ3) is 6.04. The number of nitrogens with zero attached hydrogens (tertiary/aromatic N) is 1. The van der Waals surface area contributed by atoms with Crippen molar-refractivity contribution in [2.24, 2.45) is 0 Å². The third-order valence-electron chi connectivity index (χ3n) is 5.24. The van der Waals surface area contributed by atoms with E-state index in [0.717, 1.165) is 28.8 Å². The number of anilines is 2. The molecule has 0 aliphatic rings. The number of urea groups is 1.